The molecule has 0 saturated carbocycles. The Hall–Kier alpha value is -1.79. The molecule has 0 radical (unpaired) electrons. The Labute approximate surface area is 105 Å². The number of hydrogen-bond donors (Lipinski definition) is 2. The molecule has 98 valence electrons. The van der Waals surface area contributed by atoms with E-state index in [1.165, 1.54) is 0 Å². The van der Waals surface area contributed by atoms with Crippen molar-refractivity contribution >= 4 is 17.3 Å². The molecule has 1 aromatic carbocycles. The SMILES string of the molecule is Nc1ccc2c(c1)OCC(=O)N2CCOCCO. The van der Waals surface area contributed by atoms with Crippen LogP contribution in [-0.2, 0) is 9.53 Å². The van der Waals surface area contributed by atoms with E-state index in [4.69, 9.17) is 20.3 Å². The number of benzene rings is 1. The van der Waals surface area contributed by atoms with Gasteiger partial charge in [-0.15, -0.1) is 0 Å². The van der Waals surface area contributed by atoms with Crippen molar-refractivity contribution in [1.82, 2.24) is 0 Å². The van der Waals surface area contributed by atoms with Gasteiger partial charge < -0.3 is 25.2 Å². The molecule has 0 aliphatic carbocycles. The molecule has 1 aromatic rings. The minimum absolute atomic E-state index is 0.0104. The zero-order chi connectivity index (χ0) is 13.0. The number of nitrogen functional groups attached to an aromatic ring is 1. The summed E-state index contributed by atoms with van der Waals surface area (Å²) in [5.41, 5.74) is 6.96. The van der Waals surface area contributed by atoms with Crippen LogP contribution in [-0.4, -0.2) is 44.0 Å². The summed E-state index contributed by atoms with van der Waals surface area (Å²) in [5.74, 6) is 0.497. The quantitative estimate of drug-likeness (QED) is 0.569. The zero-order valence-corrected chi connectivity index (χ0v) is 9.96. The average Bonchev–Trinajstić information content (AvgIpc) is 2.37. The van der Waals surface area contributed by atoms with Crippen molar-refractivity contribution in [2.45, 2.75) is 0 Å². The number of ether oxygens (including phenoxy) is 2. The zero-order valence-electron chi connectivity index (χ0n) is 9.96. The van der Waals surface area contributed by atoms with Gasteiger partial charge in [0.1, 0.15) is 5.75 Å². The molecule has 0 bridgehead atoms. The highest BCUT2D eigenvalue weighted by atomic mass is 16.5. The van der Waals surface area contributed by atoms with Gasteiger partial charge in [0.25, 0.3) is 5.91 Å². The third-order valence-corrected chi connectivity index (χ3v) is 2.62. The summed E-state index contributed by atoms with van der Waals surface area (Å²) in [7, 11) is 0. The Morgan fingerprint density at radius 1 is 1.44 bits per heavy atom. The lowest BCUT2D eigenvalue weighted by Crippen LogP contribution is -2.40. The van der Waals surface area contributed by atoms with Gasteiger partial charge in [0, 0.05) is 18.3 Å². The highest BCUT2D eigenvalue weighted by Gasteiger charge is 2.25. The van der Waals surface area contributed by atoms with E-state index < -0.39 is 0 Å². The van der Waals surface area contributed by atoms with Crippen LogP contribution >= 0.6 is 0 Å². The van der Waals surface area contributed by atoms with Crippen LogP contribution < -0.4 is 15.4 Å². The molecule has 0 saturated heterocycles. The molecule has 6 nitrogen and oxygen atoms in total. The monoisotopic (exact) mass is 252 g/mol. The number of hydrogen-bond acceptors (Lipinski definition) is 5. The molecule has 18 heavy (non-hydrogen) atoms. The standard InChI is InChI=1S/C12H16N2O4/c13-9-1-2-10-11(7-9)18-8-12(16)14(10)3-5-17-6-4-15/h1-2,7,15H,3-6,8,13H2. The van der Waals surface area contributed by atoms with Gasteiger partial charge in [0.05, 0.1) is 25.5 Å². The number of carbonyl (C=O) groups is 1. The molecule has 0 aromatic heterocycles. The molecule has 1 amide bonds. The van der Waals surface area contributed by atoms with Crippen LogP contribution in [0.4, 0.5) is 11.4 Å². The highest BCUT2D eigenvalue weighted by Crippen LogP contribution is 2.33. The molecule has 3 N–H and O–H groups in total. The number of nitrogens with two attached hydrogens (primary N) is 1. The summed E-state index contributed by atoms with van der Waals surface area (Å²) in [5, 5.41) is 8.60. The lowest BCUT2D eigenvalue weighted by Gasteiger charge is -2.29. The molecule has 0 spiro atoms. The van der Waals surface area contributed by atoms with Crippen molar-refractivity contribution in [3.8, 4) is 5.75 Å². The Morgan fingerprint density at radius 2 is 2.28 bits per heavy atom. The Balaban J connectivity index is 2.08. The Morgan fingerprint density at radius 3 is 3.06 bits per heavy atom. The van der Waals surface area contributed by atoms with Crippen LogP contribution in [0.1, 0.15) is 0 Å². The molecule has 1 aliphatic rings. The van der Waals surface area contributed by atoms with Gasteiger partial charge in [-0.05, 0) is 12.1 Å². The summed E-state index contributed by atoms with van der Waals surface area (Å²) < 4.78 is 10.5. The number of rotatable bonds is 5. The highest BCUT2D eigenvalue weighted by molar-refractivity contribution is 5.98. The maximum atomic E-state index is 11.8. The van der Waals surface area contributed by atoms with E-state index in [1.807, 2.05) is 0 Å². The molecule has 0 atom stereocenters. The normalized spacial score (nSPS) is 14.3. The van der Waals surface area contributed by atoms with Gasteiger partial charge in [-0.2, -0.15) is 0 Å². The first-order valence-corrected chi connectivity index (χ1v) is 5.73. The number of carbonyl (C=O) groups excluding carboxylic acids is 1. The van der Waals surface area contributed by atoms with Crippen LogP contribution in [0, 0.1) is 0 Å². The molecule has 1 aliphatic heterocycles. The summed E-state index contributed by atoms with van der Waals surface area (Å²) in [6, 6.07) is 5.18. The van der Waals surface area contributed by atoms with Crippen LogP contribution in [0.5, 0.6) is 5.75 Å². The molecule has 0 fully saturated rings. The van der Waals surface area contributed by atoms with Crippen LogP contribution in [0.15, 0.2) is 18.2 Å². The van der Waals surface area contributed by atoms with Crippen LogP contribution in [0.3, 0.4) is 0 Å². The first-order valence-electron chi connectivity index (χ1n) is 5.73. The van der Waals surface area contributed by atoms with E-state index in [9.17, 15) is 4.79 Å². The van der Waals surface area contributed by atoms with E-state index in [-0.39, 0.29) is 25.7 Å². The first-order chi connectivity index (χ1) is 8.72. The summed E-state index contributed by atoms with van der Waals surface area (Å²) in [6.07, 6.45) is 0. The maximum absolute atomic E-state index is 11.8. The molecule has 2 rings (SSSR count). The fraction of sp³-hybridized carbons (Fsp3) is 0.417. The van der Waals surface area contributed by atoms with Crippen molar-refractivity contribution in [2.75, 3.05) is 43.6 Å². The minimum atomic E-state index is -0.111. The smallest absolute Gasteiger partial charge is 0.265 e. The molecular weight excluding hydrogens is 236 g/mol. The van der Waals surface area contributed by atoms with E-state index in [0.29, 0.717) is 30.3 Å². The average molecular weight is 252 g/mol. The largest absolute Gasteiger partial charge is 0.481 e. The maximum Gasteiger partial charge on any atom is 0.265 e. The van der Waals surface area contributed by atoms with Crippen molar-refractivity contribution in [2.24, 2.45) is 0 Å². The molecular formula is C12H16N2O4. The summed E-state index contributed by atoms with van der Waals surface area (Å²) in [6.45, 7) is 1.06. The van der Waals surface area contributed by atoms with E-state index >= 15 is 0 Å². The first kappa shape index (κ1) is 12.7. The fourth-order valence-electron chi connectivity index (χ4n) is 1.79. The van der Waals surface area contributed by atoms with E-state index in [2.05, 4.69) is 0 Å². The minimum Gasteiger partial charge on any atom is -0.481 e. The molecule has 1 heterocycles. The Kier molecular flexibility index (Phi) is 4.01. The van der Waals surface area contributed by atoms with Crippen LogP contribution in [0.25, 0.3) is 0 Å². The fourth-order valence-corrected chi connectivity index (χ4v) is 1.79. The topological polar surface area (TPSA) is 85.0 Å². The van der Waals surface area contributed by atoms with Crippen molar-refractivity contribution < 1.29 is 19.4 Å². The van der Waals surface area contributed by atoms with Gasteiger partial charge >= 0.3 is 0 Å². The number of aliphatic hydroxyl groups excluding tert-OH is 1. The van der Waals surface area contributed by atoms with Crippen molar-refractivity contribution in [3.05, 3.63) is 18.2 Å². The van der Waals surface area contributed by atoms with Crippen molar-refractivity contribution in [3.63, 3.8) is 0 Å². The number of anilines is 2. The third-order valence-electron chi connectivity index (χ3n) is 2.62. The second kappa shape index (κ2) is 5.70. The predicted molar refractivity (Wildman–Crippen MR) is 66.6 cm³/mol. The lowest BCUT2D eigenvalue weighted by atomic mass is 10.2. The molecule has 0 unspecified atom stereocenters. The number of aliphatic hydroxyl groups is 1. The van der Waals surface area contributed by atoms with Gasteiger partial charge in [-0.25, -0.2) is 0 Å². The van der Waals surface area contributed by atoms with E-state index in [0.717, 1.165) is 0 Å². The Bertz CT molecular complexity index is 436. The predicted octanol–water partition coefficient (Wildman–Crippen LogP) is 0.00310. The van der Waals surface area contributed by atoms with Crippen LogP contribution in [0.2, 0.25) is 0 Å². The van der Waals surface area contributed by atoms with E-state index in [1.54, 1.807) is 23.1 Å². The third kappa shape index (κ3) is 2.72. The number of fused-ring (bicyclic) bond motifs is 1. The van der Waals surface area contributed by atoms with Crippen molar-refractivity contribution in [1.29, 1.82) is 0 Å². The van der Waals surface area contributed by atoms with Gasteiger partial charge in [-0.3, -0.25) is 4.79 Å². The number of nitrogens with zero attached hydrogens (tertiary/aromatic N) is 1. The lowest BCUT2D eigenvalue weighted by molar-refractivity contribution is -0.121. The van der Waals surface area contributed by atoms with Gasteiger partial charge in [0.2, 0.25) is 0 Å². The second-order valence-corrected chi connectivity index (χ2v) is 3.90. The summed E-state index contributed by atoms with van der Waals surface area (Å²) >= 11 is 0. The summed E-state index contributed by atoms with van der Waals surface area (Å²) in [4.78, 5) is 13.4. The molecule has 6 heteroatoms. The van der Waals surface area contributed by atoms with Gasteiger partial charge in [-0.1, -0.05) is 0 Å². The van der Waals surface area contributed by atoms with Gasteiger partial charge in [0.15, 0.2) is 6.61 Å². The second-order valence-electron chi connectivity index (χ2n) is 3.90. The number of amides is 1.